The molecule has 2 aliphatic heterocycles. The van der Waals surface area contributed by atoms with Crippen LogP contribution in [0.15, 0.2) is 36.4 Å². The molecule has 4 rings (SSSR count). The fraction of sp³-hybridized carbons (Fsp3) is 0.350. The Balaban J connectivity index is 1.79. The highest BCUT2D eigenvalue weighted by atomic mass is 35.5. The van der Waals surface area contributed by atoms with Gasteiger partial charge in [0.1, 0.15) is 0 Å². The molecule has 0 spiro atoms. The molecule has 2 heterocycles. The lowest BCUT2D eigenvalue weighted by molar-refractivity contribution is -0.886. The normalized spacial score (nSPS) is 24.8. The number of carbonyl (C=O) groups is 1. The number of carbonyl (C=O) groups excluding carboxylic acids is 1. The third kappa shape index (κ3) is 2.95. The summed E-state index contributed by atoms with van der Waals surface area (Å²) in [6, 6.07) is 11.7. The van der Waals surface area contributed by atoms with E-state index in [9.17, 15) is 4.79 Å². The Kier molecular flexibility index (Phi) is 4.27. The standard InChI is InChI=1S/C20H20Cl2N2O/c1-12-3-4-18-16(7-12)17-11-23(2)6-5-19(17)24(18)20(25)13-8-14(21)10-15(22)9-13/h3-4,7-10,17,19H,5-6,11H2,1-2H3/p+1/t17-,19-/m0/s1. The Labute approximate surface area is 158 Å². The molecule has 1 amide bonds. The van der Waals surface area contributed by atoms with E-state index in [-0.39, 0.29) is 11.9 Å². The minimum absolute atomic E-state index is 0.0124. The van der Waals surface area contributed by atoms with E-state index in [1.165, 1.54) is 16.0 Å². The minimum Gasteiger partial charge on any atom is -0.337 e. The molecule has 5 heteroatoms. The largest absolute Gasteiger partial charge is 0.337 e. The SMILES string of the molecule is Cc1ccc2c(c1)[C@@H]1C[NH+](C)CC[C@@H]1N2C(=O)c1cc(Cl)cc(Cl)c1. The highest BCUT2D eigenvalue weighted by molar-refractivity contribution is 6.35. The number of amides is 1. The Hall–Kier alpha value is -1.55. The molecule has 0 radical (unpaired) electrons. The number of aryl methyl sites for hydroxylation is 1. The average molecular weight is 376 g/mol. The maximum Gasteiger partial charge on any atom is 0.258 e. The quantitative estimate of drug-likeness (QED) is 0.812. The Morgan fingerprint density at radius 2 is 1.88 bits per heavy atom. The first-order valence-electron chi connectivity index (χ1n) is 8.65. The third-order valence-electron chi connectivity index (χ3n) is 5.40. The van der Waals surface area contributed by atoms with Crippen molar-refractivity contribution in [2.45, 2.75) is 25.3 Å². The number of likely N-dealkylation sites (tertiary alicyclic amines) is 1. The third-order valence-corrected chi connectivity index (χ3v) is 5.84. The van der Waals surface area contributed by atoms with E-state index in [1.807, 2.05) is 4.90 Å². The number of hydrogen-bond acceptors (Lipinski definition) is 1. The molecule has 1 saturated heterocycles. The minimum atomic E-state index is -0.0124. The van der Waals surface area contributed by atoms with Crippen LogP contribution in [0.25, 0.3) is 0 Å². The molecular formula is C20H21Cl2N2O+. The molecule has 1 unspecified atom stereocenters. The van der Waals surface area contributed by atoms with Crippen LogP contribution in [0.1, 0.15) is 33.8 Å². The van der Waals surface area contributed by atoms with E-state index in [0.29, 0.717) is 21.5 Å². The van der Waals surface area contributed by atoms with Gasteiger partial charge in [-0.25, -0.2) is 0 Å². The number of nitrogens with zero attached hydrogens (tertiary/aromatic N) is 1. The molecule has 0 bridgehead atoms. The van der Waals surface area contributed by atoms with Gasteiger partial charge in [0, 0.05) is 27.7 Å². The van der Waals surface area contributed by atoms with Crippen molar-refractivity contribution < 1.29 is 9.69 Å². The van der Waals surface area contributed by atoms with Crippen LogP contribution in [0.4, 0.5) is 5.69 Å². The van der Waals surface area contributed by atoms with Crippen molar-refractivity contribution in [3.05, 3.63) is 63.1 Å². The van der Waals surface area contributed by atoms with E-state index in [4.69, 9.17) is 23.2 Å². The molecule has 130 valence electrons. The summed E-state index contributed by atoms with van der Waals surface area (Å²) in [5, 5.41) is 0.979. The fourth-order valence-corrected chi connectivity index (χ4v) is 4.81. The molecule has 1 fully saturated rings. The average Bonchev–Trinajstić information content (AvgIpc) is 2.86. The van der Waals surface area contributed by atoms with Crippen molar-refractivity contribution in [2.24, 2.45) is 0 Å². The summed E-state index contributed by atoms with van der Waals surface area (Å²) in [4.78, 5) is 16.8. The summed E-state index contributed by atoms with van der Waals surface area (Å²) in [6.45, 7) is 4.24. The number of hydrogen-bond donors (Lipinski definition) is 1. The van der Waals surface area contributed by atoms with Gasteiger partial charge in [0.05, 0.1) is 32.1 Å². The first-order valence-corrected chi connectivity index (χ1v) is 9.41. The van der Waals surface area contributed by atoms with Gasteiger partial charge in [-0.05, 0) is 36.8 Å². The van der Waals surface area contributed by atoms with Crippen LogP contribution in [0.2, 0.25) is 10.0 Å². The second-order valence-electron chi connectivity index (χ2n) is 7.27. The maximum absolute atomic E-state index is 13.3. The first kappa shape index (κ1) is 16.9. The van der Waals surface area contributed by atoms with E-state index >= 15 is 0 Å². The lowest BCUT2D eigenvalue weighted by atomic mass is 9.88. The topological polar surface area (TPSA) is 24.8 Å². The highest BCUT2D eigenvalue weighted by Crippen LogP contribution is 2.43. The summed E-state index contributed by atoms with van der Waals surface area (Å²) in [7, 11) is 2.23. The molecule has 1 N–H and O–H groups in total. The van der Waals surface area contributed by atoms with Crippen LogP contribution < -0.4 is 9.80 Å². The fourth-order valence-electron chi connectivity index (χ4n) is 4.28. The zero-order valence-electron chi connectivity index (χ0n) is 14.4. The Morgan fingerprint density at radius 3 is 2.60 bits per heavy atom. The first-order chi connectivity index (χ1) is 11.9. The van der Waals surface area contributed by atoms with Crippen LogP contribution in [-0.2, 0) is 0 Å². The van der Waals surface area contributed by atoms with Crippen molar-refractivity contribution in [2.75, 3.05) is 25.0 Å². The summed E-state index contributed by atoms with van der Waals surface area (Å²) < 4.78 is 0. The molecule has 2 aliphatic rings. The second-order valence-corrected chi connectivity index (χ2v) is 8.14. The lowest BCUT2D eigenvalue weighted by Crippen LogP contribution is -3.11. The van der Waals surface area contributed by atoms with Crippen LogP contribution in [0.3, 0.4) is 0 Å². The van der Waals surface area contributed by atoms with Gasteiger partial charge in [0.25, 0.3) is 5.91 Å². The highest BCUT2D eigenvalue weighted by Gasteiger charge is 2.45. The Morgan fingerprint density at radius 1 is 1.16 bits per heavy atom. The van der Waals surface area contributed by atoms with Crippen molar-refractivity contribution in [3.8, 4) is 0 Å². The van der Waals surface area contributed by atoms with Gasteiger partial charge in [0.2, 0.25) is 0 Å². The van der Waals surface area contributed by atoms with E-state index in [2.05, 4.69) is 32.2 Å². The van der Waals surface area contributed by atoms with Gasteiger partial charge in [0.15, 0.2) is 0 Å². The number of nitrogens with one attached hydrogen (secondary N) is 1. The number of quaternary nitrogens is 1. The smallest absolute Gasteiger partial charge is 0.258 e. The van der Waals surface area contributed by atoms with Gasteiger partial charge in [-0.3, -0.25) is 4.79 Å². The van der Waals surface area contributed by atoms with Gasteiger partial charge in [-0.2, -0.15) is 0 Å². The van der Waals surface area contributed by atoms with Crippen LogP contribution in [0.5, 0.6) is 0 Å². The molecule has 0 aromatic heterocycles. The molecule has 2 aromatic rings. The van der Waals surface area contributed by atoms with E-state index in [0.717, 1.165) is 25.2 Å². The van der Waals surface area contributed by atoms with Gasteiger partial charge in [-0.1, -0.05) is 40.9 Å². The number of likely N-dealkylation sites (N-methyl/N-ethyl adjacent to an activating group) is 1. The van der Waals surface area contributed by atoms with E-state index in [1.54, 1.807) is 18.2 Å². The molecule has 0 aliphatic carbocycles. The molecule has 3 atom stereocenters. The number of benzene rings is 2. The van der Waals surface area contributed by atoms with Gasteiger partial charge in [-0.15, -0.1) is 0 Å². The summed E-state index contributed by atoms with van der Waals surface area (Å²) in [5.41, 5.74) is 4.12. The molecular weight excluding hydrogens is 355 g/mol. The molecule has 0 saturated carbocycles. The number of fused-ring (bicyclic) bond motifs is 3. The molecule has 3 nitrogen and oxygen atoms in total. The summed E-state index contributed by atoms with van der Waals surface area (Å²) in [5.74, 6) is 0.379. The molecule has 2 aromatic carbocycles. The van der Waals surface area contributed by atoms with Crippen molar-refractivity contribution >= 4 is 34.8 Å². The zero-order chi connectivity index (χ0) is 17.7. The predicted octanol–water partition coefficient (Wildman–Crippen LogP) is 3.33. The summed E-state index contributed by atoms with van der Waals surface area (Å²) >= 11 is 12.2. The Bertz CT molecular complexity index is 831. The van der Waals surface area contributed by atoms with Crippen LogP contribution in [0, 0.1) is 6.92 Å². The number of anilines is 1. The van der Waals surface area contributed by atoms with Crippen LogP contribution in [-0.4, -0.2) is 32.1 Å². The second kappa shape index (κ2) is 6.31. The number of rotatable bonds is 1. The predicted molar refractivity (Wildman–Crippen MR) is 102 cm³/mol. The maximum atomic E-state index is 13.3. The van der Waals surface area contributed by atoms with Crippen molar-refractivity contribution in [3.63, 3.8) is 0 Å². The number of piperidine rings is 1. The lowest BCUT2D eigenvalue weighted by Gasteiger charge is -2.34. The van der Waals surface area contributed by atoms with Crippen molar-refractivity contribution in [1.29, 1.82) is 0 Å². The molecule has 25 heavy (non-hydrogen) atoms. The monoisotopic (exact) mass is 375 g/mol. The van der Waals surface area contributed by atoms with Gasteiger partial charge < -0.3 is 9.80 Å². The zero-order valence-corrected chi connectivity index (χ0v) is 15.9. The number of halogens is 2. The van der Waals surface area contributed by atoms with Gasteiger partial charge >= 0.3 is 0 Å². The summed E-state index contributed by atoms with van der Waals surface area (Å²) in [6.07, 6.45) is 1.00. The van der Waals surface area contributed by atoms with Crippen molar-refractivity contribution in [1.82, 2.24) is 0 Å². The van der Waals surface area contributed by atoms with Crippen LogP contribution >= 0.6 is 23.2 Å². The van der Waals surface area contributed by atoms with E-state index < -0.39 is 0 Å².